The molecule has 16 heavy (non-hydrogen) atoms. The van der Waals surface area contributed by atoms with Crippen molar-refractivity contribution < 1.29 is 4.74 Å². The number of anilines is 1. The summed E-state index contributed by atoms with van der Waals surface area (Å²) in [6, 6.07) is 8.91. The molecule has 0 unspecified atom stereocenters. The summed E-state index contributed by atoms with van der Waals surface area (Å²) in [5.74, 6) is 0.740. The number of nitrogen functional groups attached to an aromatic ring is 1. The highest BCUT2D eigenvalue weighted by Gasteiger charge is 2.05. The second-order valence-corrected chi connectivity index (χ2v) is 3.75. The monoisotopic (exact) mass is 234 g/mol. The molecule has 0 bridgehead atoms. The van der Waals surface area contributed by atoms with Crippen molar-refractivity contribution in [3.8, 4) is 17.0 Å². The molecule has 1 aromatic carbocycles. The van der Waals surface area contributed by atoms with Gasteiger partial charge in [0.1, 0.15) is 5.75 Å². The Balaban J connectivity index is 2.53. The quantitative estimate of drug-likeness (QED) is 0.813. The summed E-state index contributed by atoms with van der Waals surface area (Å²) in [5, 5.41) is 0.633. The van der Waals surface area contributed by atoms with Gasteiger partial charge in [-0.1, -0.05) is 11.6 Å². The van der Waals surface area contributed by atoms with Crippen LogP contribution >= 0.6 is 11.6 Å². The van der Waals surface area contributed by atoms with E-state index in [1.54, 1.807) is 37.6 Å². The maximum Gasteiger partial charge on any atom is 0.122 e. The summed E-state index contributed by atoms with van der Waals surface area (Å²) in [4.78, 5) is 4.24. The van der Waals surface area contributed by atoms with Crippen molar-refractivity contribution in [1.29, 1.82) is 0 Å². The molecule has 0 aliphatic heterocycles. The number of aromatic nitrogens is 1. The molecule has 2 rings (SSSR count). The first kappa shape index (κ1) is 10.8. The largest absolute Gasteiger partial charge is 0.497 e. The molecule has 0 saturated heterocycles. The second kappa shape index (κ2) is 4.41. The molecule has 0 saturated carbocycles. The fourth-order valence-corrected chi connectivity index (χ4v) is 1.61. The summed E-state index contributed by atoms with van der Waals surface area (Å²) in [6.45, 7) is 0. The number of rotatable bonds is 2. The van der Waals surface area contributed by atoms with Crippen molar-refractivity contribution in [2.24, 2.45) is 0 Å². The summed E-state index contributed by atoms with van der Waals surface area (Å²) < 4.78 is 5.13. The average molecular weight is 235 g/mol. The topological polar surface area (TPSA) is 48.1 Å². The van der Waals surface area contributed by atoms with Crippen molar-refractivity contribution in [3.63, 3.8) is 0 Å². The molecule has 0 aliphatic rings. The zero-order valence-corrected chi connectivity index (χ0v) is 9.53. The van der Waals surface area contributed by atoms with Crippen molar-refractivity contribution >= 4 is 17.3 Å². The number of hydrogen-bond donors (Lipinski definition) is 1. The predicted molar refractivity (Wildman–Crippen MR) is 65.6 cm³/mol. The van der Waals surface area contributed by atoms with E-state index >= 15 is 0 Å². The highest BCUT2D eigenvalue weighted by Crippen LogP contribution is 2.29. The van der Waals surface area contributed by atoms with Crippen LogP contribution in [0.3, 0.4) is 0 Å². The molecule has 0 fully saturated rings. The summed E-state index contributed by atoms with van der Waals surface area (Å²) in [7, 11) is 1.61. The van der Waals surface area contributed by atoms with Crippen molar-refractivity contribution in [2.45, 2.75) is 0 Å². The molecule has 0 atom stereocenters. The summed E-state index contributed by atoms with van der Waals surface area (Å²) in [6.07, 6.45) is 1.68. The Hall–Kier alpha value is -1.74. The van der Waals surface area contributed by atoms with E-state index in [0.29, 0.717) is 10.7 Å². The predicted octanol–water partition coefficient (Wildman–Crippen LogP) is 2.99. The van der Waals surface area contributed by atoms with E-state index in [2.05, 4.69) is 4.98 Å². The van der Waals surface area contributed by atoms with E-state index in [1.165, 1.54) is 0 Å². The Kier molecular flexibility index (Phi) is 2.97. The van der Waals surface area contributed by atoms with Gasteiger partial charge < -0.3 is 10.5 Å². The highest BCUT2D eigenvalue weighted by atomic mass is 35.5. The lowest BCUT2D eigenvalue weighted by Gasteiger charge is -2.07. The van der Waals surface area contributed by atoms with Gasteiger partial charge in [-0.3, -0.25) is 4.98 Å². The smallest absolute Gasteiger partial charge is 0.122 e. The number of hydrogen-bond acceptors (Lipinski definition) is 3. The Morgan fingerprint density at radius 1 is 1.25 bits per heavy atom. The van der Waals surface area contributed by atoms with Crippen molar-refractivity contribution in [3.05, 3.63) is 41.6 Å². The standard InChI is InChI=1S/C12H11ClN2O/c1-16-9-4-5-15-12(7-9)10-6-8(13)2-3-11(10)14/h2-7H,14H2,1H3. The van der Waals surface area contributed by atoms with Gasteiger partial charge in [0.2, 0.25) is 0 Å². The van der Waals surface area contributed by atoms with E-state index in [9.17, 15) is 0 Å². The van der Waals surface area contributed by atoms with E-state index < -0.39 is 0 Å². The van der Waals surface area contributed by atoms with Gasteiger partial charge in [0, 0.05) is 28.5 Å². The second-order valence-electron chi connectivity index (χ2n) is 3.31. The van der Waals surface area contributed by atoms with E-state index in [1.807, 2.05) is 6.07 Å². The lowest BCUT2D eigenvalue weighted by Crippen LogP contribution is -1.92. The first-order chi connectivity index (χ1) is 7.70. The molecule has 1 heterocycles. The minimum absolute atomic E-state index is 0.633. The van der Waals surface area contributed by atoms with Crippen LogP contribution < -0.4 is 10.5 Å². The molecule has 82 valence electrons. The van der Waals surface area contributed by atoms with Gasteiger partial charge in [0.05, 0.1) is 12.8 Å². The SMILES string of the molecule is COc1ccnc(-c2cc(Cl)ccc2N)c1. The third-order valence-electron chi connectivity index (χ3n) is 2.26. The molecule has 0 aliphatic carbocycles. The van der Waals surface area contributed by atoms with Gasteiger partial charge in [0.15, 0.2) is 0 Å². The number of benzene rings is 1. The first-order valence-corrected chi connectivity index (χ1v) is 5.14. The zero-order valence-electron chi connectivity index (χ0n) is 8.77. The van der Waals surface area contributed by atoms with Crippen LogP contribution in [0.5, 0.6) is 5.75 Å². The summed E-state index contributed by atoms with van der Waals surface area (Å²) in [5.41, 5.74) is 8.08. The van der Waals surface area contributed by atoms with Crippen LogP contribution in [0.4, 0.5) is 5.69 Å². The Morgan fingerprint density at radius 2 is 2.06 bits per heavy atom. The van der Waals surface area contributed by atoms with Gasteiger partial charge in [-0.15, -0.1) is 0 Å². The number of pyridine rings is 1. The van der Waals surface area contributed by atoms with Gasteiger partial charge in [-0.25, -0.2) is 0 Å². The fraction of sp³-hybridized carbons (Fsp3) is 0.0833. The van der Waals surface area contributed by atoms with Gasteiger partial charge >= 0.3 is 0 Å². The van der Waals surface area contributed by atoms with Gasteiger partial charge in [-0.05, 0) is 24.3 Å². The van der Waals surface area contributed by atoms with Crippen LogP contribution in [0.15, 0.2) is 36.5 Å². The summed E-state index contributed by atoms with van der Waals surface area (Å²) >= 11 is 5.93. The molecule has 2 aromatic rings. The van der Waals surface area contributed by atoms with E-state index in [4.69, 9.17) is 22.1 Å². The number of halogens is 1. The third kappa shape index (κ3) is 2.09. The number of nitrogens with zero attached hydrogens (tertiary/aromatic N) is 1. The zero-order chi connectivity index (χ0) is 11.5. The first-order valence-electron chi connectivity index (χ1n) is 4.76. The minimum atomic E-state index is 0.633. The van der Waals surface area contributed by atoms with Crippen molar-refractivity contribution in [1.82, 2.24) is 4.98 Å². The molecule has 1 aromatic heterocycles. The van der Waals surface area contributed by atoms with Crippen molar-refractivity contribution in [2.75, 3.05) is 12.8 Å². The molecule has 0 amide bonds. The molecule has 2 N–H and O–H groups in total. The molecule has 4 heteroatoms. The minimum Gasteiger partial charge on any atom is -0.497 e. The van der Waals surface area contributed by atoms with Crippen LogP contribution in [0.1, 0.15) is 0 Å². The lowest BCUT2D eigenvalue weighted by atomic mass is 10.1. The maximum absolute atomic E-state index is 5.93. The van der Waals surface area contributed by atoms with Gasteiger partial charge in [0.25, 0.3) is 0 Å². The normalized spacial score (nSPS) is 10.1. The Bertz CT molecular complexity index is 514. The lowest BCUT2D eigenvalue weighted by molar-refractivity contribution is 0.414. The van der Waals surface area contributed by atoms with Crippen LogP contribution in [-0.4, -0.2) is 12.1 Å². The number of nitrogens with two attached hydrogens (primary N) is 1. The van der Waals surface area contributed by atoms with Gasteiger partial charge in [-0.2, -0.15) is 0 Å². The number of ether oxygens (including phenoxy) is 1. The fourth-order valence-electron chi connectivity index (χ4n) is 1.44. The van der Waals surface area contributed by atoms with Crippen LogP contribution in [-0.2, 0) is 0 Å². The van der Waals surface area contributed by atoms with Crippen LogP contribution in [0.25, 0.3) is 11.3 Å². The van der Waals surface area contributed by atoms with E-state index in [0.717, 1.165) is 17.0 Å². The molecule has 3 nitrogen and oxygen atoms in total. The average Bonchev–Trinajstić information content (AvgIpc) is 2.32. The maximum atomic E-state index is 5.93. The van der Waals surface area contributed by atoms with Crippen LogP contribution in [0, 0.1) is 0 Å². The third-order valence-corrected chi connectivity index (χ3v) is 2.49. The molecule has 0 spiro atoms. The van der Waals surface area contributed by atoms with Crippen LogP contribution in [0.2, 0.25) is 5.02 Å². The highest BCUT2D eigenvalue weighted by molar-refractivity contribution is 6.31. The molecular weight excluding hydrogens is 224 g/mol. The molecule has 0 radical (unpaired) electrons. The van der Waals surface area contributed by atoms with E-state index in [-0.39, 0.29) is 0 Å². The number of methoxy groups -OCH3 is 1. The Morgan fingerprint density at radius 3 is 2.81 bits per heavy atom. The Labute approximate surface area is 98.8 Å². The molecular formula is C12H11ClN2O.